The summed E-state index contributed by atoms with van der Waals surface area (Å²) in [5, 5.41) is 3.34. The zero-order valence-corrected chi connectivity index (χ0v) is 11.3. The fourth-order valence-electron chi connectivity index (χ4n) is 1.84. The molecule has 0 saturated carbocycles. The highest BCUT2D eigenvalue weighted by Gasteiger charge is 2.21. The Labute approximate surface area is 114 Å². The Kier molecular flexibility index (Phi) is 3.75. The van der Waals surface area contributed by atoms with Crippen LogP contribution in [0.25, 0.3) is 11.3 Å². The monoisotopic (exact) mass is 286 g/mol. The first-order chi connectivity index (χ1) is 8.90. The molecule has 0 aliphatic carbocycles. The molecule has 0 aliphatic heterocycles. The maximum atomic E-state index is 13.9. The molecule has 0 unspecified atom stereocenters. The van der Waals surface area contributed by atoms with E-state index < -0.39 is 11.6 Å². The van der Waals surface area contributed by atoms with Gasteiger partial charge in [-0.05, 0) is 24.5 Å². The maximum absolute atomic E-state index is 13.9. The number of hydrogen-bond donors (Lipinski definition) is 1. The molecule has 0 bridgehead atoms. The molecule has 0 fully saturated rings. The number of hydrogen-bond acceptors (Lipinski definition) is 3. The highest BCUT2D eigenvalue weighted by molar-refractivity contribution is 6.30. The van der Waals surface area contributed by atoms with Crippen LogP contribution in [0.5, 0.6) is 0 Å². The van der Waals surface area contributed by atoms with Gasteiger partial charge >= 0.3 is 0 Å². The normalized spacial score (nSPS) is 11.3. The average Bonchev–Trinajstić information content (AvgIpc) is 2.65. The van der Waals surface area contributed by atoms with Crippen LogP contribution in [0.4, 0.5) is 14.6 Å². The Morgan fingerprint density at radius 3 is 2.63 bits per heavy atom. The second-order valence-electron chi connectivity index (χ2n) is 4.72. The third kappa shape index (κ3) is 2.71. The minimum Gasteiger partial charge on any atom is -0.381 e. The van der Waals surface area contributed by atoms with Crippen molar-refractivity contribution in [3.05, 3.63) is 34.4 Å². The van der Waals surface area contributed by atoms with Gasteiger partial charge in [0.2, 0.25) is 0 Å². The van der Waals surface area contributed by atoms with E-state index in [9.17, 15) is 8.78 Å². The molecule has 102 valence electrons. The average molecular weight is 287 g/mol. The van der Waals surface area contributed by atoms with Crippen molar-refractivity contribution in [2.75, 3.05) is 5.73 Å². The highest BCUT2D eigenvalue weighted by Crippen LogP contribution is 2.33. The molecule has 1 heterocycles. The van der Waals surface area contributed by atoms with E-state index in [4.69, 9.17) is 21.9 Å². The van der Waals surface area contributed by atoms with Crippen LogP contribution in [0.1, 0.15) is 19.4 Å². The van der Waals surface area contributed by atoms with Gasteiger partial charge < -0.3 is 10.3 Å². The van der Waals surface area contributed by atoms with Crippen molar-refractivity contribution in [1.29, 1.82) is 0 Å². The SMILES string of the molecule is CC(C)Cc1c(N)noc1-c1cc(F)c(Cl)cc1F. The number of rotatable bonds is 3. The van der Waals surface area contributed by atoms with E-state index in [1.54, 1.807) is 0 Å². The van der Waals surface area contributed by atoms with Gasteiger partial charge in [0, 0.05) is 5.56 Å². The molecule has 2 aromatic rings. The number of anilines is 1. The van der Waals surface area contributed by atoms with Gasteiger partial charge in [-0.2, -0.15) is 0 Å². The van der Waals surface area contributed by atoms with Crippen LogP contribution in [0.3, 0.4) is 0 Å². The molecular formula is C13H13ClF2N2O. The summed E-state index contributed by atoms with van der Waals surface area (Å²) in [6, 6.07) is 1.89. The fraction of sp³-hybridized carbons (Fsp3) is 0.308. The standard InChI is InChI=1S/C13H13ClF2N2O/c1-6(2)3-8-12(19-18-13(8)17)7-4-11(16)9(14)5-10(7)15/h4-6H,3H2,1-2H3,(H2,17,18). The minimum absolute atomic E-state index is 0.0262. The molecule has 2 rings (SSSR count). The lowest BCUT2D eigenvalue weighted by Crippen LogP contribution is -1.99. The number of aromatic nitrogens is 1. The van der Waals surface area contributed by atoms with Crippen molar-refractivity contribution in [2.45, 2.75) is 20.3 Å². The number of nitrogens with two attached hydrogens (primary N) is 1. The third-order valence-electron chi connectivity index (χ3n) is 2.69. The lowest BCUT2D eigenvalue weighted by atomic mass is 9.99. The minimum atomic E-state index is -0.719. The van der Waals surface area contributed by atoms with Gasteiger partial charge in [0.1, 0.15) is 11.6 Å². The zero-order chi connectivity index (χ0) is 14.2. The van der Waals surface area contributed by atoms with Gasteiger partial charge in [-0.15, -0.1) is 0 Å². The second-order valence-corrected chi connectivity index (χ2v) is 5.13. The molecule has 1 aromatic carbocycles. The quantitative estimate of drug-likeness (QED) is 0.866. The zero-order valence-electron chi connectivity index (χ0n) is 10.5. The van der Waals surface area contributed by atoms with Crippen LogP contribution in [-0.2, 0) is 6.42 Å². The predicted octanol–water partition coefficient (Wildman–Crippen LogP) is 4.05. The first-order valence-electron chi connectivity index (χ1n) is 5.79. The third-order valence-corrected chi connectivity index (χ3v) is 2.98. The first kappa shape index (κ1) is 13.8. The lowest BCUT2D eigenvalue weighted by Gasteiger charge is -2.06. The molecule has 0 spiro atoms. The lowest BCUT2D eigenvalue weighted by molar-refractivity contribution is 0.431. The van der Waals surface area contributed by atoms with Crippen LogP contribution in [0, 0.1) is 17.6 Å². The molecule has 0 aliphatic rings. The number of nitrogen functional groups attached to an aromatic ring is 1. The molecule has 0 saturated heterocycles. The highest BCUT2D eigenvalue weighted by atomic mass is 35.5. The second kappa shape index (κ2) is 5.17. The summed E-state index contributed by atoms with van der Waals surface area (Å²) < 4.78 is 32.4. The number of benzene rings is 1. The summed E-state index contributed by atoms with van der Waals surface area (Å²) in [6.45, 7) is 3.96. The summed E-state index contributed by atoms with van der Waals surface area (Å²) in [4.78, 5) is 0. The van der Waals surface area contributed by atoms with E-state index >= 15 is 0 Å². The first-order valence-corrected chi connectivity index (χ1v) is 6.17. The molecule has 1 aromatic heterocycles. The Morgan fingerprint density at radius 2 is 2.00 bits per heavy atom. The molecule has 2 N–H and O–H groups in total. The van der Waals surface area contributed by atoms with Gasteiger partial charge in [0.15, 0.2) is 11.6 Å². The van der Waals surface area contributed by atoms with E-state index in [1.165, 1.54) is 0 Å². The largest absolute Gasteiger partial charge is 0.381 e. The van der Waals surface area contributed by atoms with Crippen molar-refractivity contribution in [1.82, 2.24) is 5.16 Å². The van der Waals surface area contributed by atoms with Gasteiger partial charge in [-0.1, -0.05) is 30.6 Å². The Morgan fingerprint density at radius 1 is 1.32 bits per heavy atom. The van der Waals surface area contributed by atoms with Crippen molar-refractivity contribution < 1.29 is 13.3 Å². The van der Waals surface area contributed by atoms with Gasteiger partial charge in [-0.3, -0.25) is 0 Å². The van der Waals surface area contributed by atoms with E-state index in [1.807, 2.05) is 13.8 Å². The molecule has 0 radical (unpaired) electrons. The summed E-state index contributed by atoms with van der Waals surface area (Å²) in [5.41, 5.74) is 6.25. The van der Waals surface area contributed by atoms with E-state index in [2.05, 4.69) is 5.16 Å². The van der Waals surface area contributed by atoms with Crippen LogP contribution in [-0.4, -0.2) is 5.16 Å². The summed E-state index contributed by atoms with van der Waals surface area (Å²) in [5.74, 6) is -0.769. The van der Waals surface area contributed by atoms with E-state index in [0.29, 0.717) is 12.0 Å². The number of halogens is 3. The number of nitrogens with zero attached hydrogens (tertiary/aromatic N) is 1. The topological polar surface area (TPSA) is 52.0 Å². The molecule has 0 atom stereocenters. The van der Waals surface area contributed by atoms with Crippen molar-refractivity contribution in [3.63, 3.8) is 0 Å². The smallest absolute Gasteiger partial charge is 0.175 e. The van der Waals surface area contributed by atoms with Crippen molar-refractivity contribution in [3.8, 4) is 11.3 Å². The molecule has 3 nitrogen and oxygen atoms in total. The maximum Gasteiger partial charge on any atom is 0.175 e. The summed E-state index contributed by atoms with van der Waals surface area (Å²) >= 11 is 5.52. The molecule has 0 amide bonds. The van der Waals surface area contributed by atoms with Gasteiger partial charge in [0.25, 0.3) is 0 Å². The Hall–Kier alpha value is -1.62. The molecular weight excluding hydrogens is 274 g/mol. The van der Waals surface area contributed by atoms with E-state index in [0.717, 1.165) is 12.1 Å². The van der Waals surface area contributed by atoms with Crippen molar-refractivity contribution >= 4 is 17.4 Å². The summed E-state index contributed by atoms with van der Waals surface area (Å²) in [7, 11) is 0. The van der Waals surface area contributed by atoms with Crippen LogP contribution < -0.4 is 5.73 Å². The van der Waals surface area contributed by atoms with Gasteiger partial charge in [0.05, 0.1) is 10.6 Å². The molecule has 6 heteroatoms. The predicted molar refractivity (Wildman–Crippen MR) is 69.8 cm³/mol. The Balaban J connectivity index is 2.56. The van der Waals surface area contributed by atoms with Crippen LogP contribution >= 0.6 is 11.6 Å². The van der Waals surface area contributed by atoms with Crippen LogP contribution in [0.15, 0.2) is 16.7 Å². The fourth-order valence-corrected chi connectivity index (χ4v) is 1.99. The van der Waals surface area contributed by atoms with Crippen molar-refractivity contribution in [2.24, 2.45) is 5.92 Å². The van der Waals surface area contributed by atoms with Gasteiger partial charge in [-0.25, -0.2) is 8.78 Å². The van der Waals surface area contributed by atoms with Crippen LogP contribution in [0.2, 0.25) is 5.02 Å². The Bertz CT molecular complexity index is 611. The summed E-state index contributed by atoms with van der Waals surface area (Å²) in [6.07, 6.45) is 0.564. The molecule has 19 heavy (non-hydrogen) atoms. The van der Waals surface area contributed by atoms with E-state index in [-0.39, 0.29) is 28.1 Å².